The molecule has 2 rings (SSSR count). The number of nitrogens with zero attached hydrogens (tertiary/aromatic N) is 1. The van der Waals surface area contributed by atoms with E-state index in [9.17, 15) is 4.79 Å². The van der Waals surface area contributed by atoms with Crippen LogP contribution in [0.1, 0.15) is 31.2 Å². The predicted molar refractivity (Wildman–Crippen MR) is 82.5 cm³/mol. The number of carbonyl (C=O) groups excluding carboxylic acids is 1. The number of hydrogen-bond acceptors (Lipinski definition) is 4. The summed E-state index contributed by atoms with van der Waals surface area (Å²) < 4.78 is 10.7. The van der Waals surface area contributed by atoms with Crippen LogP contribution >= 0.6 is 0 Å². The molecule has 21 heavy (non-hydrogen) atoms. The lowest BCUT2D eigenvalue weighted by molar-refractivity contribution is -0.140. The fraction of sp³-hybridized carbons (Fsp3) is 0.588. The Morgan fingerprint density at radius 2 is 2.00 bits per heavy atom. The van der Waals surface area contributed by atoms with Gasteiger partial charge in [-0.3, -0.25) is 4.79 Å². The quantitative estimate of drug-likeness (QED) is 0.782. The van der Waals surface area contributed by atoms with Crippen LogP contribution in [0.2, 0.25) is 0 Å². The summed E-state index contributed by atoms with van der Waals surface area (Å²) in [7, 11) is 3.59. The predicted octanol–water partition coefficient (Wildman–Crippen LogP) is 2.66. The van der Waals surface area contributed by atoms with Crippen molar-refractivity contribution < 1.29 is 14.3 Å². The molecule has 1 aromatic rings. The van der Waals surface area contributed by atoms with E-state index in [1.165, 1.54) is 13.5 Å². The van der Waals surface area contributed by atoms with E-state index in [0.717, 1.165) is 37.2 Å². The van der Waals surface area contributed by atoms with Crippen LogP contribution in [0.4, 0.5) is 0 Å². The second-order valence-corrected chi connectivity index (χ2v) is 5.69. The Kier molecular flexibility index (Phi) is 6.05. The van der Waals surface area contributed by atoms with Crippen LogP contribution < -0.4 is 4.74 Å². The second-order valence-electron chi connectivity index (χ2n) is 5.69. The highest BCUT2D eigenvalue weighted by Crippen LogP contribution is 2.20. The van der Waals surface area contributed by atoms with Crippen LogP contribution in [-0.4, -0.2) is 44.2 Å². The molecule has 4 heteroatoms. The lowest BCUT2D eigenvalue weighted by Crippen LogP contribution is -2.21. The average Bonchev–Trinajstić information content (AvgIpc) is 2.71. The number of aryl methyl sites for hydroxylation is 1. The van der Waals surface area contributed by atoms with Gasteiger partial charge in [-0.05, 0) is 57.0 Å². The van der Waals surface area contributed by atoms with Gasteiger partial charge in [-0.25, -0.2) is 0 Å². The van der Waals surface area contributed by atoms with Crippen molar-refractivity contribution in [2.24, 2.45) is 0 Å². The van der Waals surface area contributed by atoms with Gasteiger partial charge >= 0.3 is 5.97 Å². The smallest absolute Gasteiger partial charge is 0.305 e. The largest absolute Gasteiger partial charge is 0.490 e. The molecule has 1 aliphatic rings. The molecule has 1 heterocycles. The third kappa shape index (κ3) is 5.38. The van der Waals surface area contributed by atoms with Gasteiger partial charge in [0.15, 0.2) is 0 Å². The second kappa shape index (κ2) is 8.03. The van der Waals surface area contributed by atoms with Gasteiger partial charge in [-0.1, -0.05) is 12.1 Å². The van der Waals surface area contributed by atoms with E-state index in [0.29, 0.717) is 18.9 Å². The number of esters is 1. The lowest BCUT2D eigenvalue weighted by Gasteiger charge is -2.17. The van der Waals surface area contributed by atoms with Crippen LogP contribution in [0.25, 0.3) is 0 Å². The van der Waals surface area contributed by atoms with Gasteiger partial charge in [-0.2, -0.15) is 0 Å². The minimum absolute atomic E-state index is 0.169. The molecule has 1 atom stereocenters. The van der Waals surface area contributed by atoms with Gasteiger partial charge in [0, 0.05) is 13.0 Å². The van der Waals surface area contributed by atoms with Gasteiger partial charge in [0.25, 0.3) is 0 Å². The van der Waals surface area contributed by atoms with Crippen molar-refractivity contribution in [2.45, 2.75) is 38.2 Å². The minimum atomic E-state index is -0.169. The highest BCUT2D eigenvalue weighted by atomic mass is 16.5. The molecule has 1 aliphatic heterocycles. The summed E-state index contributed by atoms with van der Waals surface area (Å²) >= 11 is 0. The summed E-state index contributed by atoms with van der Waals surface area (Å²) in [6, 6.07) is 8.06. The molecule has 0 aliphatic carbocycles. The third-order valence-corrected chi connectivity index (χ3v) is 3.97. The molecule has 0 radical (unpaired) electrons. The molecule has 0 amide bonds. The summed E-state index contributed by atoms with van der Waals surface area (Å²) in [5.74, 6) is 0.754. The molecule has 1 saturated heterocycles. The van der Waals surface area contributed by atoms with E-state index in [2.05, 4.69) is 16.7 Å². The Bertz CT molecular complexity index is 444. The van der Waals surface area contributed by atoms with Crippen molar-refractivity contribution in [3.8, 4) is 5.75 Å². The Hall–Kier alpha value is -1.55. The van der Waals surface area contributed by atoms with Gasteiger partial charge in [0.1, 0.15) is 5.75 Å². The maximum Gasteiger partial charge on any atom is 0.305 e. The monoisotopic (exact) mass is 291 g/mol. The van der Waals surface area contributed by atoms with E-state index in [1.54, 1.807) is 0 Å². The first kappa shape index (κ1) is 15.8. The van der Waals surface area contributed by atoms with Crippen molar-refractivity contribution in [3.63, 3.8) is 0 Å². The fourth-order valence-corrected chi connectivity index (χ4v) is 2.60. The first-order valence-electron chi connectivity index (χ1n) is 7.68. The van der Waals surface area contributed by atoms with Crippen molar-refractivity contribution in [3.05, 3.63) is 29.8 Å². The maximum absolute atomic E-state index is 11.1. The molecule has 1 unspecified atom stereocenters. The van der Waals surface area contributed by atoms with Crippen molar-refractivity contribution >= 4 is 5.97 Å². The number of hydrogen-bond donors (Lipinski definition) is 0. The topological polar surface area (TPSA) is 38.8 Å². The van der Waals surface area contributed by atoms with Crippen LogP contribution in [0.3, 0.4) is 0 Å². The first-order chi connectivity index (χ1) is 10.2. The molecular weight excluding hydrogens is 266 g/mol. The molecule has 0 spiro atoms. The van der Waals surface area contributed by atoms with Crippen LogP contribution in [-0.2, 0) is 16.0 Å². The zero-order valence-electron chi connectivity index (χ0n) is 13.0. The molecule has 0 saturated carbocycles. The molecule has 116 valence electrons. The lowest BCUT2D eigenvalue weighted by atomic mass is 10.1. The highest BCUT2D eigenvalue weighted by molar-refractivity contribution is 5.69. The first-order valence-corrected chi connectivity index (χ1v) is 7.68. The van der Waals surface area contributed by atoms with Crippen LogP contribution in [0.15, 0.2) is 24.3 Å². The average molecular weight is 291 g/mol. The molecule has 1 fully saturated rings. The van der Waals surface area contributed by atoms with Gasteiger partial charge in [0.05, 0.1) is 13.2 Å². The van der Waals surface area contributed by atoms with Crippen LogP contribution in [0.5, 0.6) is 5.75 Å². The van der Waals surface area contributed by atoms with Crippen molar-refractivity contribution in [2.75, 3.05) is 27.2 Å². The SMILES string of the molecule is COC(=O)CCc1ccc(OC2CCCN(C)CC2)cc1. The minimum Gasteiger partial charge on any atom is -0.490 e. The summed E-state index contributed by atoms with van der Waals surface area (Å²) in [6.07, 6.45) is 4.84. The summed E-state index contributed by atoms with van der Waals surface area (Å²) in [5, 5.41) is 0. The molecule has 0 aromatic heterocycles. The Morgan fingerprint density at radius 3 is 2.71 bits per heavy atom. The molecule has 0 bridgehead atoms. The van der Waals surface area contributed by atoms with E-state index in [1.807, 2.05) is 24.3 Å². The highest BCUT2D eigenvalue weighted by Gasteiger charge is 2.16. The molecule has 0 N–H and O–H groups in total. The number of ether oxygens (including phenoxy) is 2. The van der Waals surface area contributed by atoms with E-state index < -0.39 is 0 Å². The fourth-order valence-electron chi connectivity index (χ4n) is 2.60. The summed E-state index contributed by atoms with van der Waals surface area (Å²) in [4.78, 5) is 13.5. The van der Waals surface area contributed by atoms with Gasteiger partial charge < -0.3 is 14.4 Å². The normalized spacial score (nSPS) is 19.8. The summed E-state index contributed by atoms with van der Waals surface area (Å²) in [6.45, 7) is 2.26. The maximum atomic E-state index is 11.1. The Balaban J connectivity index is 1.82. The van der Waals surface area contributed by atoms with Crippen molar-refractivity contribution in [1.82, 2.24) is 4.90 Å². The van der Waals surface area contributed by atoms with E-state index in [4.69, 9.17) is 4.74 Å². The van der Waals surface area contributed by atoms with E-state index >= 15 is 0 Å². The number of carbonyl (C=O) groups is 1. The number of benzene rings is 1. The molecule has 1 aromatic carbocycles. The number of likely N-dealkylation sites (tertiary alicyclic amines) is 1. The zero-order valence-corrected chi connectivity index (χ0v) is 13.0. The van der Waals surface area contributed by atoms with Gasteiger partial charge in [0.2, 0.25) is 0 Å². The molecular formula is C17H25NO3. The number of methoxy groups -OCH3 is 1. The van der Waals surface area contributed by atoms with E-state index in [-0.39, 0.29) is 5.97 Å². The number of rotatable bonds is 5. The summed E-state index contributed by atoms with van der Waals surface area (Å²) in [5.41, 5.74) is 1.13. The Morgan fingerprint density at radius 1 is 1.24 bits per heavy atom. The molecule has 4 nitrogen and oxygen atoms in total. The zero-order chi connectivity index (χ0) is 15.1. The van der Waals surface area contributed by atoms with Gasteiger partial charge in [-0.15, -0.1) is 0 Å². The van der Waals surface area contributed by atoms with Crippen molar-refractivity contribution in [1.29, 1.82) is 0 Å². The van der Waals surface area contributed by atoms with Crippen LogP contribution in [0, 0.1) is 0 Å². The standard InChI is InChI=1S/C17H25NO3/c1-18-12-3-4-15(11-13-18)21-16-8-5-14(6-9-16)7-10-17(19)20-2/h5-6,8-9,15H,3-4,7,10-13H2,1-2H3. The Labute approximate surface area is 127 Å². The third-order valence-electron chi connectivity index (χ3n) is 3.97.